The molecule has 0 unspecified atom stereocenters. The topological polar surface area (TPSA) is 128 Å². The number of aliphatic hydroxyl groups is 1. The summed E-state index contributed by atoms with van der Waals surface area (Å²) in [6.45, 7) is 5.23. The molecule has 0 fully saturated rings. The van der Waals surface area contributed by atoms with Crippen LogP contribution in [0.4, 0.5) is 5.69 Å². The molecule has 1 aliphatic rings. The van der Waals surface area contributed by atoms with Crippen LogP contribution in [-0.4, -0.2) is 58.8 Å². The van der Waals surface area contributed by atoms with Gasteiger partial charge in [0.25, 0.3) is 5.91 Å². The molecule has 0 bridgehead atoms. The van der Waals surface area contributed by atoms with E-state index >= 15 is 0 Å². The fourth-order valence-corrected chi connectivity index (χ4v) is 4.02. The number of nitrogens with zero attached hydrogens (tertiary/aromatic N) is 1. The molecular weight excluding hydrogens is 448 g/mol. The van der Waals surface area contributed by atoms with E-state index in [9.17, 15) is 24.3 Å². The average molecular weight is 481 g/mol. The van der Waals surface area contributed by atoms with Crippen LogP contribution >= 0.6 is 0 Å². The number of carbonyl (C=O) groups excluding carboxylic acids is 4. The number of nitrogens with one attached hydrogen (secondary N) is 3. The van der Waals surface area contributed by atoms with Crippen molar-refractivity contribution in [1.82, 2.24) is 15.5 Å². The normalized spacial score (nSPS) is 23.5. The Hall–Kier alpha value is -3.72. The maximum absolute atomic E-state index is 13.6. The van der Waals surface area contributed by atoms with Crippen molar-refractivity contribution in [2.24, 2.45) is 5.92 Å². The SMILES string of the molecule is CC[C@@H](C)[C@H]1NC(=O)[C@@H](C)NC(=O)c2ccccc2NC(=O)[C@@H]([C@H](O)c2ccccc2)N(C)C1=O. The zero-order valence-corrected chi connectivity index (χ0v) is 20.3. The Balaban J connectivity index is 2.12. The quantitative estimate of drug-likeness (QED) is 0.531. The monoisotopic (exact) mass is 480 g/mol. The van der Waals surface area contributed by atoms with E-state index in [-0.39, 0.29) is 17.2 Å². The Morgan fingerprint density at radius 2 is 1.57 bits per heavy atom. The number of aliphatic hydroxyl groups excluding tert-OH is 1. The summed E-state index contributed by atoms with van der Waals surface area (Å²) in [5.74, 6) is -2.53. The smallest absolute Gasteiger partial charge is 0.254 e. The molecule has 1 aliphatic heterocycles. The van der Waals surface area contributed by atoms with Crippen molar-refractivity contribution in [3.8, 4) is 0 Å². The van der Waals surface area contributed by atoms with Crippen LogP contribution in [0.5, 0.6) is 0 Å². The highest BCUT2D eigenvalue weighted by Gasteiger charge is 2.39. The van der Waals surface area contributed by atoms with E-state index in [1.807, 2.05) is 13.8 Å². The van der Waals surface area contributed by atoms with Crippen LogP contribution in [0.25, 0.3) is 0 Å². The summed E-state index contributed by atoms with van der Waals surface area (Å²) in [5, 5.41) is 19.3. The van der Waals surface area contributed by atoms with Crippen LogP contribution in [0.3, 0.4) is 0 Å². The van der Waals surface area contributed by atoms with Gasteiger partial charge in [-0.15, -0.1) is 0 Å². The number of rotatable bonds is 4. The number of fused-ring (bicyclic) bond motifs is 1. The molecule has 2 aromatic carbocycles. The molecule has 186 valence electrons. The highest BCUT2D eigenvalue weighted by Crippen LogP contribution is 2.25. The van der Waals surface area contributed by atoms with Crippen LogP contribution in [0.15, 0.2) is 54.6 Å². The summed E-state index contributed by atoms with van der Waals surface area (Å²) >= 11 is 0. The van der Waals surface area contributed by atoms with Gasteiger partial charge in [-0.3, -0.25) is 19.2 Å². The average Bonchev–Trinajstić information content (AvgIpc) is 2.86. The summed E-state index contributed by atoms with van der Waals surface area (Å²) in [6.07, 6.45) is -0.780. The lowest BCUT2D eigenvalue weighted by molar-refractivity contribution is -0.145. The van der Waals surface area contributed by atoms with Gasteiger partial charge in [0.1, 0.15) is 24.2 Å². The minimum atomic E-state index is -1.36. The summed E-state index contributed by atoms with van der Waals surface area (Å²) in [6, 6.07) is 11.7. The van der Waals surface area contributed by atoms with Crippen molar-refractivity contribution in [1.29, 1.82) is 0 Å². The molecule has 0 spiro atoms. The molecule has 4 N–H and O–H groups in total. The molecule has 9 nitrogen and oxygen atoms in total. The van der Waals surface area contributed by atoms with Gasteiger partial charge in [-0.05, 0) is 30.5 Å². The number of anilines is 1. The Morgan fingerprint density at radius 1 is 0.943 bits per heavy atom. The van der Waals surface area contributed by atoms with Gasteiger partial charge in [0.15, 0.2) is 0 Å². The molecular formula is C26H32N4O5. The predicted octanol–water partition coefficient (Wildman–Crippen LogP) is 1.85. The number of para-hydroxylation sites is 1. The van der Waals surface area contributed by atoms with Crippen LogP contribution in [0, 0.1) is 5.92 Å². The van der Waals surface area contributed by atoms with E-state index in [1.165, 1.54) is 24.9 Å². The number of amides is 4. The van der Waals surface area contributed by atoms with Crippen LogP contribution in [0.1, 0.15) is 49.2 Å². The molecule has 9 heteroatoms. The minimum Gasteiger partial charge on any atom is -0.386 e. The zero-order chi connectivity index (χ0) is 25.7. The Kier molecular flexibility index (Phi) is 8.24. The highest BCUT2D eigenvalue weighted by atomic mass is 16.3. The Labute approximate surface area is 204 Å². The second kappa shape index (κ2) is 11.1. The van der Waals surface area contributed by atoms with E-state index in [0.29, 0.717) is 12.0 Å². The van der Waals surface area contributed by atoms with E-state index < -0.39 is 47.9 Å². The van der Waals surface area contributed by atoms with Crippen LogP contribution in [-0.2, 0) is 14.4 Å². The molecule has 0 aliphatic carbocycles. The first-order valence-electron chi connectivity index (χ1n) is 11.7. The van der Waals surface area contributed by atoms with Crippen molar-refractivity contribution in [2.75, 3.05) is 12.4 Å². The molecule has 0 radical (unpaired) electrons. The van der Waals surface area contributed by atoms with Gasteiger partial charge in [-0.1, -0.05) is 62.7 Å². The van der Waals surface area contributed by atoms with Gasteiger partial charge in [0.05, 0.1) is 11.3 Å². The number of hydrogen-bond donors (Lipinski definition) is 4. The second-order valence-electron chi connectivity index (χ2n) is 8.85. The van der Waals surface area contributed by atoms with E-state index in [2.05, 4.69) is 16.0 Å². The molecule has 35 heavy (non-hydrogen) atoms. The largest absolute Gasteiger partial charge is 0.386 e. The maximum Gasteiger partial charge on any atom is 0.254 e. The first-order valence-corrected chi connectivity index (χ1v) is 11.7. The van der Waals surface area contributed by atoms with Crippen LogP contribution < -0.4 is 16.0 Å². The molecule has 1 heterocycles. The molecule has 0 saturated carbocycles. The maximum atomic E-state index is 13.6. The Bertz CT molecular complexity index is 1090. The molecule has 2 aromatic rings. The van der Waals surface area contributed by atoms with Gasteiger partial charge in [-0.25, -0.2) is 0 Å². The lowest BCUT2D eigenvalue weighted by atomic mass is 9.95. The van der Waals surface area contributed by atoms with Crippen molar-refractivity contribution in [2.45, 2.75) is 51.4 Å². The van der Waals surface area contributed by atoms with Gasteiger partial charge in [-0.2, -0.15) is 0 Å². The fraction of sp³-hybridized carbons (Fsp3) is 0.385. The van der Waals surface area contributed by atoms with Crippen molar-refractivity contribution in [3.05, 3.63) is 65.7 Å². The summed E-state index contributed by atoms with van der Waals surface area (Å²) in [4.78, 5) is 54.2. The second-order valence-corrected chi connectivity index (χ2v) is 8.85. The van der Waals surface area contributed by atoms with E-state index in [1.54, 1.807) is 48.5 Å². The number of carbonyl (C=O) groups is 4. The van der Waals surface area contributed by atoms with Crippen molar-refractivity contribution >= 4 is 29.3 Å². The molecule has 4 amide bonds. The molecule has 0 saturated heterocycles. The van der Waals surface area contributed by atoms with Crippen LogP contribution in [0.2, 0.25) is 0 Å². The highest BCUT2D eigenvalue weighted by molar-refractivity contribution is 6.07. The minimum absolute atomic E-state index is 0.153. The molecule has 0 aromatic heterocycles. The third-order valence-electron chi connectivity index (χ3n) is 6.42. The standard InChI is InChI=1S/C26H32N4O5/c1-5-15(2)20-26(35)30(4)21(22(31)17-11-7-6-8-12-17)25(34)28-19-14-10-9-13-18(19)24(33)27-16(3)23(32)29-20/h6-16,20-22,31H,5H2,1-4H3,(H,27,33)(H,28,34)(H,29,32)/t15-,16-,20-,21-,22-/m1/s1. The first-order chi connectivity index (χ1) is 16.6. The predicted molar refractivity (Wildman–Crippen MR) is 131 cm³/mol. The van der Waals surface area contributed by atoms with Gasteiger partial charge in [0, 0.05) is 7.05 Å². The first kappa shape index (κ1) is 25.9. The van der Waals surface area contributed by atoms with E-state index in [4.69, 9.17) is 0 Å². The third-order valence-corrected chi connectivity index (χ3v) is 6.42. The summed E-state index contributed by atoms with van der Waals surface area (Å²) in [5.41, 5.74) is 0.798. The number of hydrogen-bond acceptors (Lipinski definition) is 5. The van der Waals surface area contributed by atoms with Crippen molar-refractivity contribution in [3.63, 3.8) is 0 Å². The fourth-order valence-electron chi connectivity index (χ4n) is 4.02. The van der Waals surface area contributed by atoms with Gasteiger partial charge < -0.3 is 26.0 Å². The lowest BCUT2D eigenvalue weighted by Gasteiger charge is -2.35. The molecule has 5 atom stereocenters. The lowest BCUT2D eigenvalue weighted by Crippen LogP contribution is -2.58. The van der Waals surface area contributed by atoms with Gasteiger partial charge >= 0.3 is 0 Å². The van der Waals surface area contributed by atoms with Gasteiger partial charge in [0.2, 0.25) is 17.7 Å². The summed E-state index contributed by atoms with van der Waals surface area (Å²) in [7, 11) is 1.43. The number of benzene rings is 2. The molecule has 3 rings (SSSR count). The number of likely N-dealkylation sites (N-methyl/N-ethyl adjacent to an activating group) is 1. The Morgan fingerprint density at radius 3 is 2.23 bits per heavy atom. The van der Waals surface area contributed by atoms with Crippen molar-refractivity contribution < 1.29 is 24.3 Å². The van der Waals surface area contributed by atoms with E-state index in [0.717, 1.165) is 0 Å². The summed E-state index contributed by atoms with van der Waals surface area (Å²) < 4.78 is 0. The third kappa shape index (κ3) is 5.68. The zero-order valence-electron chi connectivity index (χ0n) is 20.3.